The van der Waals surface area contributed by atoms with E-state index in [0.29, 0.717) is 23.7 Å². The van der Waals surface area contributed by atoms with E-state index >= 15 is 0 Å². The molecule has 1 N–H and O–H groups in total. The van der Waals surface area contributed by atoms with Gasteiger partial charge in [0.15, 0.2) is 0 Å². The lowest BCUT2D eigenvalue weighted by molar-refractivity contribution is -0.140. The Morgan fingerprint density at radius 2 is 1.77 bits per heavy atom. The summed E-state index contributed by atoms with van der Waals surface area (Å²) in [6.07, 6.45) is 2.16. The van der Waals surface area contributed by atoms with Crippen molar-refractivity contribution in [2.45, 2.75) is 46.2 Å². The Balaban J connectivity index is 2.43. The minimum absolute atomic E-state index is 0.132. The average molecular weight is 524 g/mol. The minimum atomic E-state index is -3.81. The van der Waals surface area contributed by atoms with Crippen LogP contribution in [-0.2, 0) is 26.2 Å². The SMILES string of the molecule is CCCNC(=O)[C@H](CC)N(Cc1ccc(OC)cc1)C(=O)CN(c1ccc(C)c(Cl)c1)S(C)(=O)=O. The molecule has 0 saturated heterocycles. The number of amides is 2. The smallest absolute Gasteiger partial charge is 0.244 e. The molecule has 0 spiro atoms. The Morgan fingerprint density at radius 1 is 1.11 bits per heavy atom. The summed E-state index contributed by atoms with van der Waals surface area (Å²) < 4.78 is 31.5. The van der Waals surface area contributed by atoms with Gasteiger partial charge in [-0.15, -0.1) is 0 Å². The van der Waals surface area contributed by atoms with Crippen LogP contribution in [0.2, 0.25) is 5.02 Å². The van der Waals surface area contributed by atoms with Gasteiger partial charge in [0.05, 0.1) is 19.1 Å². The molecule has 0 aliphatic rings. The standard InChI is InChI=1S/C25H34ClN3O5S/c1-6-14-27-25(31)23(7-2)28(16-19-9-12-21(34-4)13-10-19)24(30)17-29(35(5,32)33)20-11-8-18(3)22(26)15-20/h8-13,15,23H,6-7,14,16-17H2,1-5H3,(H,27,31)/t23-/m0/s1. The number of methoxy groups -OCH3 is 1. The lowest BCUT2D eigenvalue weighted by Gasteiger charge is -2.33. The number of benzene rings is 2. The Hall–Kier alpha value is -2.78. The number of carbonyl (C=O) groups is 2. The monoisotopic (exact) mass is 523 g/mol. The Morgan fingerprint density at radius 3 is 2.29 bits per heavy atom. The molecule has 8 nitrogen and oxygen atoms in total. The van der Waals surface area contributed by atoms with Gasteiger partial charge in [0.25, 0.3) is 0 Å². The van der Waals surface area contributed by atoms with Gasteiger partial charge < -0.3 is 15.0 Å². The van der Waals surface area contributed by atoms with Crippen LogP contribution >= 0.6 is 11.6 Å². The van der Waals surface area contributed by atoms with Crippen LogP contribution < -0.4 is 14.4 Å². The number of carbonyl (C=O) groups excluding carboxylic acids is 2. The van der Waals surface area contributed by atoms with Gasteiger partial charge in [-0.1, -0.05) is 43.6 Å². The van der Waals surface area contributed by atoms with Crippen LogP contribution in [-0.4, -0.2) is 57.6 Å². The normalized spacial score (nSPS) is 12.1. The molecule has 2 rings (SSSR count). The molecule has 0 radical (unpaired) electrons. The Labute approximate surface area is 213 Å². The van der Waals surface area contributed by atoms with Crippen molar-refractivity contribution in [3.63, 3.8) is 0 Å². The van der Waals surface area contributed by atoms with E-state index in [2.05, 4.69) is 5.32 Å². The van der Waals surface area contributed by atoms with Crippen molar-refractivity contribution in [1.29, 1.82) is 0 Å². The number of nitrogens with zero attached hydrogens (tertiary/aromatic N) is 2. The molecular weight excluding hydrogens is 490 g/mol. The Kier molecular flexibility index (Phi) is 10.4. The molecule has 0 aromatic heterocycles. The van der Waals surface area contributed by atoms with Gasteiger partial charge in [-0.2, -0.15) is 0 Å². The number of ether oxygens (including phenoxy) is 1. The minimum Gasteiger partial charge on any atom is -0.497 e. The van der Waals surface area contributed by atoms with E-state index in [4.69, 9.17) is 16.3 Å². The first kappa shape index (κ1) is 28.5. The fourth-order valence-electron chi connectivity index (χ4n) is 3.56. The number of sulfonamides is 1. The predicted molar refractivity (Wildman–Crippen MR) is 139 cm³/mol. The summed E-state index contributed by atoms with van der Waals surface area (Å²) in [5.74, 6) is -0.110. The van der Waals surface area contributed by atoms with Crippen molar-refractivity contribution in [2.24, 2.45) is 0 Å². The van der Waals surface area contributed by atoms with Crippen LogP contribution in [0.3, 0.4) is 0 Å². The first-order valence-corrected chi connectivity index (χ1v) is 13.7. The van der Waals surface area contributed by atoms with Gasteiger partial charge in [0, 0.05) is 18.1 Å². The van der Waals surface area contributed by atoms with Crippen molar-refractivity contribution in [1.82, 2.24) is 10.2 Å². The fraction of sp³-hybridized carbons (Fsp3) is 0.440. The van der Waals surface area contributed by atoms with Crippen molar-refractivity contribution in [2.75, 3.05) is 30.8 Å². The fourth-order valence-corrected chi connectivity index (χ4v) is 4.58. The molecule has 0 bridgehead atoms. The molecule has 1 atom stereocenters. The molecule has 2 aromatic rings. The summed E-state index contributed by atoms with van der Waals surface area (Å²) in [6, 6.07) is 11.2. The summed E-state index contributed by atoms with van der Waals surface area (Å²) >= 11 is 6.22. The van der Waals surface area contributed by atoms with Gasteiger partial charge >= 0.3 is 0 Å². The van der Waals surface area contributed by atoms with Gasteiger partial charge in [0.1, 0.15) is 18.3 Å². The zero-order valence-electron chi connectivity index (χ0n) is 20.9. The second-order valence-corrected chi connectivity index (χ2v) is 10.6. The van der Waals surface area contributed by atoms with E-state index in [-0.39, 0.29) is 18.1 Å². The number of anilines is 1. The highest BCUT2D eigenvalue weighted by molar-refractivity contribution is 7.92. The van der Waals surface area contributed by atoms with Crippen LogP contribution in [0.1, 0.15) is 37.8 Å². The number of aryl methyl sites for hydroxylation is 1. The molecular formula is C25H34ClN3O5S. The molecule has 0 saturated carbocycles. The lowest BCUT2D eigenvalue weighted by Crippen LogP contribution is -2.52. The van der Waals surface area contributed by atoms with E-state index in [9.17, 15) is 18.0 Å². The summed E-state index contributed by atoms with van der Waals surface area (Å²) in [7, 11) is -2.25. The molecule has 0 fully saturated rings. The van der Waals surface area contributed by atoms with E-state index in [0.717, 1.165) is 28.1 Å². The molecule has 35 heavy (non-hydrogen) atoms. The molecule has 0 unspecified atom stereocenters. The van der Waals surface area contributed by atoms with Crippen molar-refractivity contribution < 1.29 is 22.7 Å². The quantitative estimate of drug-likeness (QED) is 0.457. The summed E-state index contributed by atoms with van der Waals surface area (Å²) in [4.78, 5) is 28.0. The van der Waals surface area contributed by atoms with Crippen molar-refractivity contribution in [3.05, 3.63) is 58.6 Å². The van der Waals surface area contributed by atoms with E-state index in [1.807, 2.05) is 26.0 Å². The second kappa shape index (κ2) is 12.8. The maximum absolute atomic E-state index is 13.6. The van der Waals surface area contributed by atoms with Gasteiger partial charge in [-0.25, -0.2) is 8.42 Å². The molecule has 2 amide bonds. The summed E-state index contributed by atoms with van der Waals surface area (Å²) in [6.45, 7) is 5.71. The predicted octanol–water partition coefficient (Wildman–Crippen LogP) is 3.76. The molecule has 0 aliphatic carbocycles. The zero-order valence-corrected chi connectivity index (χ0v) is 22.4. The van der Waals surface area contributed by atoms with Crippen LogP contribution in [0, 0.1) is 6.92 Å². The molecule has 192 valence electrons. The number of hydrogen-bond acceptors (Lipinski definition) is 5. The highest BCUT2D eigenvalue weighted by Crippen LogP contribution is 2.25. The topological polar surface area (TPSA) is 96.0 Å². The number of rotatable bonds is 12. The number of hydrogen-bond donors (Lipinski definition) is 1. The highest BCUT2D eigenvalue weighted by Gasteiger charge is 2.31. The summed E-state index contributed by atoms with van der Waals surface area (Å²) in [5, 5.41) is 3.24. The van der Waals surface area contributed by atoms with Crippen LogP contribution in [0.25, 0.3) is 0 Å². The highest BCUT2D eigenvalue weighted by atomic mass is 35.5. The third-order valence-electron chi connectivity index (χ3n) is 5.57. The van der Waals surface area contributed by atoms with Gasteiger partial charge in [-0.05, 0) is 55.2 Å². The average Bonchev–Trinajstić information content (AvgIpc) is 2.82. The van der Waals surface area contributed by atoms with E-state index in [1.54, 1.807) is 38.3 Å². The van der Waals surface area contributed by atoms with Crippen LogP contribution in [0.15, 0.2) is 42.5 Å². The lowest BCUT2D eigenvalue weighted by atomic mass is 10.1. The maximum Gasteiger partial charge on any atom is 0.244 e. The molecule has 0 heterocycles. The first-order chi connectivity index (χ1) is 16.5. The van der Waals surface area contributed by atoms with Gasteiger partial charge in [-0.3, -0.25) is 13.9 Å². The van der Waals surface area contributed by atoms with Crippen molar-refractivity contribution >= 4 is 39.1 Å². The van der Waals surface area contributed by atoms with Crippen LogP contribution in [0.5, 0.6) is 5.75 Å². The Bertz CT molecular complexity index is 1120. The maximum atomic E-state index is 13.6. The molecule has 0 aliphatic heterocycles. The summed E-state index contributed by atoms with van der Waals surface area (Å²) in [5.41, 5.74) is 1.85. The number of halogens is 1. The van der Waals surface area contributed by atoms with Gasteiger partial charge in [0.2, 0.25) is 21.8 Å². The van der Waals surface area contributed by atoms with Crippen molar-refractivity contribution in [3.8, 4) is 5.75 Å². The largest absolute Gasteiger partial charge is 0.497 e. The third kappa shape index (κ3) is 7.86. The van der Waals surface area contributed by atoms with Crippen LogP contribution in [0.4, 0.5) is 5.69 Å². The third-order valence-corrected chi connectivity index (χ3v) is 7.12. The number of nitrogens with one attached hydrogen (secondary N) is 1. The second-order valence-electron chi connectivity index (χ2n) is 8.29. The van der Waals surface area contributed by atoms with E-state index < -0.39 is 28.5 Å². The zero-order chi connectivity index (χ0) is 26.2. The molecule has 10 heteroatoms. The molecule has 2 aromatic carbocycles. The van der Waals surface area contributed by atoms with E-state index in [1.165, 1.54) is 11.0 Å². The first-order valence-electron chi connectivity index (χ1n) is 11.5.